The first kappa shape index (κ1) is 10.9. The van der Waals surface area contributed by atoms with Crippen LogP contribution in [0, 0.1) is 0 Å². The van der Waals surface area contributed by atoms with Gasteiger partial charge in [-0.1, -0.05) is 36.4 Å². The summed E-state index contributed by atoms with van der Waals surface area (Å²) in [5.41, 5.74) is 6.25. The van der Waals surface area contributed by atoms with E-state index < -0.39 is 0 Å². The lowest BCUT2D eigenvalue weighted by atomic mass is 10.1. The second-order valence-corrected chi connectivity index (χ2v) is 4.50. The maximum Gasteiger partial charge on any atom is 0.139 e. The van der Waals surface area contributed by atoms with E-state index in [1.54, 1.807) is 17.3 Å². The van der Waals surface area contributed by atoms with E-state index in [9.17, 15) is 0 Å². The predicted molar refractivity (Wildman–Crippen MR) is 78.3 cm³/mol. The van der Waals surface area contributed by atoms with Crippen molar-refractivity contribution >= 4 is 27.5 Å². The Morgan fingerprint density at radius 2 is 1.30 bits per heavy atom. The molecule has 0 spiro atoms. The van der Waals surface area contributed by atoms with Crippen molar-refractivity contribution in [2.45, 2.75) is 0 Å². The quantitative estimate of drug-likeness (QED) is 0.564. The van der Waals surface area contributed by atoms with E-state index in [1.807, 2.05) is 36.4 Å². The topological polar surface area (TPSA) is 55.6 Å². The molecule has 2 aromatic heterocycles. The molecule has 96 valence electrons. The average Bonchev–Trinajstić information content (AvgIpc) is 3.00. The molecule has 0 aliphatic rings. The van der Waals surface area contributed by atoms with E-state index >= 15 is 0 Å². The fourth-order valence-electron chi connectivity index (χ4n) is 2.35. The Bertz CT molecular complexity index is 829. The lowest BCUT2D eigenvalue weighted by Gasteiger charge is -2.12. The molecule has 0 radical (unpaired) electrons. The summed E-state index contributed by atoms with van der Waals surface area (Å²) >= 11 is 0. The van der Waals surface area contributed by atoms with Crippen LogP contribution < -0.4 is 5.43 Å². The standard InChI is InChI=1S/C15H11N5/c1-3-7-13-11(5-1)15(19-20-9-16-17-10-20)12-6-2-4-8-14(12)18-13/h1-10H,(H,18,19). The number of nitrogens with one attached hydrogen (secondary N) is 1. The maximum absolute atomic E-state index is 4.69. The molecular formula is C15H11N5. The predicted octanol–water partition coefficient (Wildman–Crippen LogP) is 2.85. The van der Waals surface area contributed by atoms with Gasteiger partial charge in [0, 0.05) is 10.8 Å². The van der Waals surface area contributed by atoms with E-state index in [1.165, 1.54) is 0 Å². The Labute approximate surface area is 114 Å². The van der Waals surface area contributed by atoms with E-state index in [0.717, 1.165) is 27.5 Å². The Hall–Kier alpha value is -2.95. The second-order valence-electron chi connectivity index (χ2n) is 4.50. The number of hydrogen-bond acceptors (Lipinski definition) is 4. The molecule has 20 heavy (non-hydrogen) atoms. The fourth-order valence-corrected chi connectivity index (χ4v) is 2.35. The molecule has 0 amide bonds. The molecule has 5 nitrogen and oxygen atoms in total. The average molecular weight is 261 g/mol. The lowest BCUT2D eigenvalue weighted by molar-refractivity contribution is 0.957. The molecule has 4 aromatic rings. The lowest BCUT2D eigenvalue weighted by Crippen LogP contribution is -2.07. The number of benzene rings is 2. The van der Waals surface area contributed by atoms with Crippen LogP contribution >= 0.6 is 0 Å². The highest BCUT2D eigenvalue weighted by Gasteiger charge is 2.08. The normalized spacial score (nSPS) is 11.0. The zero-order valence-electron chi connectivity index (χ0n) is 10.6. The number of rotatable bonds is 2. The molecule has 0 bridgehead atoms. The van der Waals surface area contributed by atoms with Crippen LogP contribution in [-0.2, 0) is 0 Å². The molecule has 1 N–H and O–H groups in total. The molecule has 0 saturated carbocycles. The van der Waals surface area contributed by atoms with Crippen LogP contribution in [-0.4, -0.2) is 19.9 Å². The first-order chi connectivity index (χ1) is 9.92. The highest BCUT2D eigenvalue weighted by atomic mass is 15.5. The Balaban J connectivity index is 2.06. The van der Waals surface area contributed by atoms with Gasteiger partial charge in [-0.15, -0.1) is 10.2 Å². The van der Waals surface area contributed by atoms with Gasteiger partial charge in [-0.2, -0.15) is 0 Å². The van der Waals surface area contributed by atoms with Crippen molar-refractivity contribution in [3.63, 3.8) is 0 Å². The minimum atomic E-state index is 0.960. The van der Waals surface area contributed by atoms with Gasteiger partial charge >= 0.3 is 0 Å². The zero-order chi connectivity index (χ0) is 13.4. The maximum atomic E-state index is 4.69. The summed E-state index contributed by atoms with van der Waals surface area (Å²) in [6.45, 7) is 0. The number of para-hydroxylation sites is 2. The van der Waals surface area contributed by atoms with Gasteiger partial charge in [0.1, 0.15) is 12.7 Å². The van der Waals surface area contributed by atoms with Crippen LogP contribution in [0.2, 0.25) is 0 Å². The van der Waals surface area contributed by atoms with Gasteiger partial charge in [0.25, 0.3) is 0 Å². The van der Waals surface area contributed by atoms with Crippen LogP contribution in [0.15, 0.2) is 61.2 Å². The van der Waals surface area contributed by atoms with Crippen LogP contribution in [0.4, 0.5) is 5.69 Å². The smallest absolute Gasteiger partial charge is 0.139 e. The highest BCUT2D eigenvalue weighted by molar-refractivity contribution is 6.07. The van der Waals surface area contributed by atoms with Crippen LogP contribution in [0.1, 0.15) is 0 Å². The number of anilines is 1. The monoisotopic (exact) mass is 261 g/mol. The summed E-state index contributed by atoms with van der Waals surface area (Å²) in [5, 5.41) is 9.77. The minimum absolute atomic E-state index is 0.960. The van der Waals surface area contributed by atoms with Crippen molar-refractivity contribution in [3.05, 3.63) is 61.2 Å². The van der Waals surface area contributed by atoms with E-state index in [0.29, 0.717) is 0 Å². The van der Waals surface area contributed by atoms with Crippen molar-refractivity contribution in [3.8, 4) is 0 Å². The van der Waals surface area contributed by atoms with E-state index in [2.05, 4.69) is 32.7 Å². The summed E-state index contributed by atoms with van der Waals surface area (Å²) < 4.78 is 1.73. The molecule has 0 unspecified atom stereocenters. The molecule has 0 atom stereocenters. The Kier molecular flexibility index (Phi) is 2.35. The van der Waals surface area contributed by atoms with Gasteiger partial charge in [0.15, 0.2) is 0 Å². The number of hydrogen-bond donors (Lipinski definition) is 1. The Morgan fingerprint density at radius 1 is 0.750 bits per heavy atom. The first-order valence-corrected chi connectivity index (χ1v) is 6.31. The summed E-state index contributed by atoms with van der Waals surface area (Å²) in [6.07, 6.45) is 3.26. The summed E-state index contributed by atoms with van der Waals surface area (Å²) in [5.74, 6) is 0. The number of nitrogens with zero attached hydrogens (tertiary/aromatic N) is 4. The van der Waals surface area contributed by atoms with E-state index in [4.69, 9.17) is 0 Å². The largest absolute Gasteiger partial charge is 0.291 e. The van der Waals surface area contributed by atoms with E-state index in [-0.39, 0.29) is 0 Å². The van der Waals surface area contributed by atoms with Gasteiger partial charge in [0.2, 0.25) is 0 Å². The van der Waals surface area contributed by atoms with Crippen molar-refractivity contribution in [1.82, 2.24) is 19.9 Å². The van der Waals surface area contributed by atoms with Crippen molar-refractivity contribution in [2.24, 2.45) is 0 Å². The SMILES string of the molecule is c1ccc2c(Nn3cnnc3)c3ccccc3nc2c1. The molecule has 0 aliphatic carbocycles. The molecule has 0 aliphatic heterocycles. The van der Waals surface area contributed by atoms with Crippen molar-refractivity contribution in [1.29, 1.82) is 0 Å². The van der Waals surface area contributed by atoms with Crippen molar-refractivity contribution in [2.75, 3.05) is 5.43 Å². The Morgan fingerprint density at radius 3 is 1.90 bits per heavy atom. The second kappa shape index (κ2) is 4.31. The third kappa shape index (κ3) is 1.68. The van der Waals surface area contributed by atoms with Crippen molar-refractivity contribution < 1.29 is 0 Å². The van der Waals surface area contributed by atoms with Gasteiger partial charge < -0.3 is 0 Å². The molecule has 2 aromatic carbocycles. The van der Waals surface area contributed by atoms with Crippen LogP contribution in [0.25, 0.3) is 21.8 Å². The molecule has 4 rings (SSSR count). The summed E-state index contributed by atoms with van der Waals surface area (Å²) in [7, 11) is 0. The fraction of sp³-hybridized carbons (Fsp3) is 0. The van der Waals surface area contributed by atoms with Crippen LogP contribution in [0.3, 0.4) is 0 Å². The third-order valence-corrected chi connectivity index (χ3v) is 3.25. The number of pyridine rings is 1. The van der Waals surface area contributed by atoms with Gasteiger partial charge in [-0.05, 0) is 12.1 Å². The third-order valence-electron chi connectivity index (χ3n) is 3.25. The van der Waals surface area contributed by atoms with Gasteiger partial charge in [0.05, 0.1) is 16.7 Å². The highest BCUT2D eigenvalue weighted by Crippen LogP contribution is 2.30. The summed E-state index contributed by atoms with van der Waals surface area (Å²) in [6, 6.07) is 16.1. The summed E-state index contributed by atoms with van der Waals surface area (Å²) in [4.78, 5) is 4.69. The number of fused-ring (bicyclic) bond motifs is 2. The number of aromatic nitrogens is 4. The first-order valence-electron chi connectivity index (χ1n) is 6.31. The minimum Gasteiger partial charge on any atom is -0.291 e. The van der Waals surface area contributed by atoms with Gasteiger partial charge in [-0.3, -0.25) is 5.43 Å². The molecular weight excluding hydrogens is 250 g/mol. The van der Waals surface area contributed by atoms with Gasteiger partial charge in [-0.25, -0.2) is 9.66 Å². The molecule has 0 fully saturated rings. The zero-order valence-corrected chi connectivity index (χ0v) is 10.6. The molecule has 0 saturated heterocycles. The molecule has 5 heteroatoms. The molecule has 2 heterocycles. The van der Waals surface area contributed by atoms with Crippen LogP contribution in [0.5, 0.6) is 0 Å².